The first-order valence-electron chi connectivity index (χ1n) is 4.38. The summed E-state index contributed by atoms with van der Waals surface area (Å²) >= 11 is 1.81. The minimum Gasteiger partial charge on any atom is -0.195 e. The average Bonchev–Trinajstić information content (AvgIpc) is 2.18. The van der Waals surface area contributed by atoms with Gasteiger partial charge in [0, 0.05) is 38.2 Å². The van der Waals surface area contributed by atoms with Gasteiger partial charge >= 0.3 is 0 Å². The molecule has 0 aromatic rings. The molecule has 1 aliphatic heterocycles. The SMILES string of the molecule is CCN(C)S(=O)(=O)N1CCSCC1. The van der Waals surface area contributed by atoms with E-state index in [0.29, 0.717) is 19.6 Å². The molecule has 0 atom stereocenters. The molecule has 1 rings (SSSR count). The standard InChI is InChI=1S/C7H16N2O2S2/c1-3-8(2)13(10,11)9-4-6-12-7-5-9/h3-7H2,1-2H3. The average molecular weight is 224 g/mol. The van der Waals surface area contributed by atoms with Crippen LogP contribution in [0.1, 0.15) is 6.92 Å². The Morgan fingerprint density at radius 1 is 1.38 bits per heavy atom. The Hall–Kier alpha value is 0.220. The molecule has 0 N–H and O–H groups in total. The summed E-state index contributed by atoms with van der Waals surface area (Å²) in [4.78, 5) is 0. The van der Waals surface area contributed by atoms with Crippen LogP contribution in [0.5, 0.6) is 0 Å². The van der Waals surface area contributed by atoms with E-state index in [2.05, 4.69) is 0 Å². The van der Waals surface area contributed by atoms with E-state index in [9.17, 15) is 8.42 Å². The number of hydrogen-bond acceptors (Lipinski definition) is 3. The fraction of sp³-hybridized carbons (Fsp3) is 1.00. The maximum Gasteiger partial charge on any atom is 0.281 e. The quantitative estimate of drug-likeness (QED) is 0.689. The van der Waals surface area contributed by atoms with Crippen molar-refractivity contribution in [1.29, 1.82) is 0 Å². The molecule has 0 aromatic heterocycles. The van der Waals surface area contributed by atoms with Crippen molar-refractivity contribution in [3.05, 3.63) is 0 Å². The number of nitrogens with zero attached hydrogens (tertiary/aromatic N) is 2. The summed E-state index contributed by atoms with van der Waals surface area (Å²) in [5.74, 6) is 1.83. The Bertz CT molecular complexity index is 247. The predicted octanol–water partition coefficient (Wildman–Crippen LogP) is 0.232. The Balaban J connectivity index is 2.67. The van der Waals surface area contributed by atoms with Crippen LogP contribution in [0.4, 0.5) is 0 Å². The highest BCUT2D eigenvalue weighted by Gasteiger charge is 2.26. The normalized spacial score (nSPS) is 20.8. The van der Waals surface area contributed by atoms with E-state index < -0.39 is 10.2 Å². The van der Waals surface area contributed by atoms with Gasteiger partial charge in [0.1, 0.15) is 0 Å². The van der Waals surface area contributed by atoms with E-state index in [1.165, 1.54) is 4.31 Å². The molecule has 78 valence electrons. The summed E-state index contributed by atoms with van der Waals surface area (Å²) in [6.45, 7) is 3.68. The molecule has 0 bridgehead atoms. The van der Waals surface area contributed by atoms with Gasteiger partial charge in [-0.1, -0.05) is 6.92 Å². The van der Waals surface area contributed by atoms with Crippen molar-refractivity contribution in [3.63, 3.8) is 0 Å². The lowest BCUT2D eigenvalue weighted by Gasteiger charge is -2.29. The monoisotopic (exact) mass is 224 g/mol. The van der Waals surface area contributed by atoms with Crippen molar-refractivity contribution in [2.45, 2.75) is 6.92 Å². The third-order valence-electron chi connectivity index (χ3n) is 2.14. The summed E-state index contributed by atoms with van der Waals surface area (Å²) in [7, 11) is -1.54. The highest BCUT2D eigenvalue weighted by molar-refractivity contribution is 7.99. The lowest BCUT2D eigenvalue weighted by Crippen LogP contribution is -2.45. The second-order valence-corrected chi connectivity index (χ2v) is 6.19. The Morgan fingerprint density at radius 3 is 2.38 bits per heavy atom. The van der Waals surface area contributed by atoms with Crippen LogP contribution in [0.25, 0.3) is 0 Å². The van der Waals surface area contributed by atoms with Gasteiger partial charge in [0.25, 0.3) is 10.2 Å². The maximum absolute atomic E-state index is 11.8. The van der Waals surface area contributed by atoms with Crippen molar-refractivity contribution in [3.8, 4) is 0 Å². The molecule has 0 unspecified atom stereocenters. The van der Waals surface area contributed by atoms with Crippen LogP contribution in [-0.4, -0.2) is 55.2 Å². The van der Waals surface area contributed by atoms with Crippen LogP contribution in [0.15, 0.2) is 0 Å². The van der Waals surface area contributed by atoms with Gasteiger partial charge in [0.15, 0.2) is 0 Å². The summed E-state index contributed by atoms with van der Waals surface area (Å²) in [6.07, 6.45) is 0. The van der Waals surface area contributed by atoms with E-state index in [1.807, 2.05) is 18.7 Å². The summed E-state index contributed by atoms with van der Waals surface area (Å²) in [6, 6.07) is 0. The van der Waals surface area contributed by atoms with Gasteiger partial charge in [-0.25, -0.2) is 0 Å². The van der Waals surface area contributed by atoms with Crippen molar-refractivity contribution < 1.29 is 8.42 Å². The smallest absolute Gasteiger partial charge is 0.195 e. The molecule has 0 radical (unpaired) electrons. The van der Waals surface area contributed by atoms with Crippen molar-refractivity contribution in [2.24, 2.45) is 0 Å². The third kappa shape index (κ3) is 2.59. The second kappa shape index (κ2) is 4.63. The van der Waals surface area contributed by atoms with Gasteiger partial charge < -0.3 is 0 Å². The maximum atomic E-state index is 11.8. The van der Waals surface area contributed by atoms with E-state index in [1.54, 1.807) is 11.4 Å². The molecule has 6 heteroatoms. The minimum atomic E-state index is -3.16. The van der Waals surface area contributed by atoms with E-state index in [4.69, 9.17) is 0 Å². The predicted molar refractivity (Wildman–Crippen MR) is 56.1 cm³/mol. The van der Waals surface area contributed by atoms with Crippen molar-refractivity contribution in [1.82, 2.24) is 8.61 Å². The summed E-state index contributed by atoms with van der Waals surface area (Å²) in [5, 5.41) is 0. The zero-order valence-electron chi connectivity index (χ0n) is 8.06. The molecule has 0 saturated carbocycles. The van der Waals surface area contributed by atoms with Gasteiger partial charge in [-0.05, 0) is 0 Å². The lowest BCUT2D eigenvalue weighted by molar-refractivity contribution is 0.383. The van der Waals surface area contributed by atoms with Gasteiger partial charge in [0.2, 0.25) is 0 Å². The molecule has 1 saturated heterocycles. The van der Waals surface area contributed by atoms with Gasteiger partial charge in [0.05, 0.1) is 0 Å². The van der Waals surface area contributed by atoms with Gasteiger partial charge in [-0.3, -0.25) is 0 Å². The van der Waals surface area contributed by atoms with Crippen LogP contribution in [0.3, 0.4) is 0 Å². The lowest BCUT2D eigenvalue weighted by atomic mass is 10.6. The molecule has 0 amide bonds. The molecular formula is C7H16N2O2S2. The molecular weight excluding hydrogens is 208 g/mol. The fourth-order valence-electron chi connectivity index (χ4n) is 1.14. The third-order valence-corrected chi connectivity index (χ3v) is 5.14. The summed E-state index contributed by atoms with van der Waals surface area (Å²) in [5.41, 5.74) is 0. The van der Waals surface area contributed by atoms with Crippen LogP contribution in [0, 0.1) is 0 Å². The molecule has 1 aliphatic rings. The Labute approximate surface area is 84.5 Å². The van der Waals surface area contributed by atoms with Crippen LogP contribution in [0.2, 0.25) is 0 Å². The molecule has 13 heavy (non-hydrogen) atoms. The Kier molecular flexibility index (Phi) is 4.03. The largest absolute Gasteiger partial charge is 0.281 e. The first-order valence-corrected chi connectivity index (χ1v) is 6.93. The van der Waals surface area contributed by atoms with E-state index in [0.717, 1.165) is 11.5 Å². The minimum absolute atomic E-state index is 0.534. The van der Waals surface area contributed by atoms with Crippen molar-refractivity contribution in [2.75, 3.05) is 38.2 Å². The molecule has 0 spiro atoms. The zero-order chi connectivity index (χ0) is 9.90. The molecule has 1 heterocycles. The highest BCUT2D eigenvalue weighted by Crippen LogP contribution is 2.14. The first kappa shape index (κ1) is 11.3. The number of thioether (sulfide) groups is 1. The highest BCUT2D eigenvalue weighted by atomic mass is 32.2. The number of hydrogen-bond donors (Lipinski definition) is 0. The fourth-order valence-corrected chi connectivity index (χ4v) is 3.64. The van der Waals surface area contributed by atoms with E-state index in [-0.39, 0.29) is 0 Å². The first-order chi connectivity index (χ1) is 6.09. The van der Waals surface area contributed by atoms with Crippen molar-refractivity contribution >= 4 is 22.0 Å². The molecule has 1 fully saturated rings. The molecule has 0 aliphatic carbocycles. The number of rotatable bonds is 3. The topological polar surface area (TPSA) is 40.6 Å². The van der Waals surface area contributed by atoms with Gasteiger partial charge in [-0.15, -0.1) is 0 Å². The van der Waals surface area contributed by atoms with Gasteiger partial charge in [-0.2, -0.15) is 28.8 Å². The second-order valence-electron chi connectivity index (χ2n) is 2.93. The van der Waals surface area contributed by atoms with Crippen LogP contribution in [-0.2, 0) is 10.2 Å². The molecule has 0 aromatic carbocycles. The van der Waals surface area contributed by atoms with E-state index >= 15 is 0 Å². The zero-order valence-corrected chi connectivity index (χ0v) is 9.70. The van der Waals surface area contributed by atoms with Crippen LogP contribution < -0.4 is 0 Å². The molecule has 4 nitrogen and oxygen atoms in total. The summed E-state index contributed by atoms with van der Waals surface area (Å²) < 4.78 is 26.5. The Morgan fingerprint density at radius 2 is 1.92 bits per heavy atom. The van der Waals surface area contributed by atoms with Crippen LogP contribution >= 0.6 is 11.8 Å².